The SMILES string of the molecule is CC1CCC(NC(=O)C(C)(C)O)C1. The van der Waals surface area contributed by atoms with E-state index in [1.54, 1.807) is 0 Å². The highest BCUT2D eigenvalue weighted by Gasteiger charge is 2.29. The zero-order chi connectivity index (χ0) is 10.1. The standard InChI is InChI=1S/C10H19NO2/c1-7-4-5-8(6-7)11-9(12)10(2,3)13/h7-8,13H,4-6H2,1-3H3,(H,11,12). The van der Waals surface area contributed by atoms with Gasteiger partial charge in [0.2, 0.25) is 0 Å². The smallest absolute Gasteiger partial charge is 0.251 e. The molecule has 1 fully saturated rings. The average Bonchev–Trinajstić information content (AvgIpc) is 2.33. The summed E-state index contributed by atoms with van der Waals surface area (Å²) in [5, 5.41) is 12.3. The van der Waals surface area contributed by atoms with Gasteiger partial charge < -0.3 is 10.4 Å². The van der Waals surface area contributed by atoms with Crippen molar-refractivity contribution in [3.63, 3.8) is 0 Å². The Balaban J connectivity index is 2.37. The van der Waals surface area contributed by atoms with Crippen LogP contribution in [-0.2, 0) is 4.79 Å². The lowest BCUT2D eigenvalue weighted by Crippen LogP contribution is -2.45. The second kappa shape index (κ2) is 3.66. The average molecular weight is 185 g/mol. The molecule has 0 aliphatic heterocycles. The number of hydrogen-bond donors (Lipinski definition) is 2. The van der Waals surface area contributed by atoms with Crippen molar-refractivity contribution in [2.75, 3.05) is 0 Å². The van der Waals surface area contributed by atoms with Crippen LogP contribution in [-0.4, -0.2) is 22.7 Å². The molecule has 0 heterocycles. The third-order valence-electron chi connectivity index (χ3n) is 2.59. The number of hydrogen-bond acceptors (Lipinski definition) is 2. The Bertz CT molecular complexity index is 196. The molecular weight excluding hydrogens is 166 g/mol. The molecule has 13 heavy (non-hydrogen) atoms. The maximum atomic E-state index is 11.4. The normalized spacial score (nSPS) is 28.9. The molecule has 1 amide bonds. The molecule has 0 bridgehead atoms. The predicted molar refractivity (Wildman–Crippen MR) is 51.2 cm³/mol. The molecule has 1 saturated carbocycles. The summed E-state index contributed by atoms with van der Waals surface area (Å²) in [5.41, 5.74) is -1.24. The van der Waals surface area contributed by atoms with Gasteiger partial charge in [-0.05, 0) is 39.0 Å². The molecular formula is C10H19NO2. The molecule has 3 heteroatoms. The van der Waals surface area contributed by atoms with Crippen LogP contribution >= 0.6 is 0 Å². The quantitative estimate of drug-likeness (QED) is 0.676. The second-order valence-corrected chi connectivity index (χ2v) is 4.65. The fourth-order valence-electron chi connectivity index (χ4n) is 1.70. The van der Waals surface area contributed by atoms with Gasteiger partial charge in [0.15, 0.2) is 0 Å². The van der Waals surface area contributed by atoms with E-state index in [4.69, 9.17) is 0 Å². The van der Waals surface area contributed by atoms with Crippen molar-refractivity contribution in [1.29, 1.82) is 0 Å². The van der Waals surface area contributed by atoms with E-state index in [1.165, 1.54) is 20.3 Å². The van der Waals surface area contributed by atoms with Gasteiger partial charge in [-0.25, -0.2) is 0 Å². The van der Waals surface area contributed by atoms with Crippen LogP contribution in [0, 0.1) is 5.92 Å². The van der Waals surface area contributed by atoms with Crippen LogP contribution in [0.4, 0.5) is 0 Å². The number of amides is 1. The lowest BCUT2D eigenvalue weighted by molar-refractivity contribution is -0.137. The maximum Gasteiger partial charge on any atom is 0.251 e. The highest BCUT2D eigenvalue weighted by Crippen LogP contribution is 2.24. The zero-order valence-corrected chi connectivity index (χ0v) is 8.63. The van der Waals surface area contributed by atoms with Crippen molar-refractivity contribution in [2.45, 2.75) is 51.7 Å². The number of aliphatic hydroxyl groups is 1. The van der Waals surface area contributed by atoms with E-state index in [-0.39, 0.29) is 11.9 Å². The Morgan fingerprint density at radius 1 is 1.46 bits per heavy atom. The van der Waals surface area contributed by atoms with Crippen LogP contribution in [0.15, 0.2) is 0 Å². The van der Waals surface area contributed by atoms with Crippen molar-refractivity contribution < 1.29 is 9.90 Å². The van der Waals surface area contributed by atoms with Gasteiger partial charge in [-0.2, -0.15) is 0 Å². The molecule has 1 aliphatic rings. The zero-order valence-electron chi connectivity index (χ0n) is 8.63. The van der Waals surface area contributed by atoms with Gasteiger partial charge in [-0.1, -0.05) is 6.92 Å². The Morgan fingerprint density at radius 2 is 2.08 bits per heavy atom. The van der Waals surface area contributed by atoms with Gasteiger partial charge in [-0.15, -0.1) is 0 Å². The molecule has 0 aromatic carbocycles. The molecule has 1 rings (SSSR count). The minimum atomic E-state index is -1.24. The van der Waals surface area contributed by atoms with Gasteiger partial charge in [0.25, 0.3) is 5.91 Å². The predicted octanol–water partition coefficient (Wildman–Crippen LogP) is 1.06. The maximum absolute atomic E-state index is 11.4. The highest BCUT2D eigenvalue weighted by molar-refractivity contribution is 5.84. The van der Waals surface area contributed by atoms with Crippen LogP contribution in [0.2, 0.25) is 0 Å². The van der Waals surface area contributed by atoms with E-state index < -0.39 is 5.60 Å². The lowest BCUT2D eigenvalue weighted by atomic mass is 10.1. The van der Waals surface area contributed by atoms with Crippen LogP contribution in [0.25, 0.3) is 0 Å². The molecule has 76 valence electrons. The summed E-state index contributed by atoms with van der Waals surface area (Å²) in [7, 11) is 0. The van der Waals surface area contributed by atoms with Gasteiger partial charge in [0, 0.05) is 6.04 Å². The number of rotatable bonds is 2. The minimum Gasteiger partial charge on any atom is -0.381 e. The third kappa shape index (κ3) is 2.99. The monoisotopic (exact) mass is 185 g/mol. The summed E-state index contributed by atoms with van der Waals surface area (Å²) in [6.07, 6.45) is 3.27. The Kier molecular flexibility index (Phi) is 2.96. The largest absolute Gasteiger partial charge is 0.381 e. The highest BCUT2D eigenvalue weighted by atomic mass is 16.3. The molecule has 2 unspecified atom stereocenters. The van der Waals surface area contributed by atoms with Crippen LogP contribution in [0.1, 0.15) is 40.0 Å². The van der Waals surface area contributed by atoms with Crippen molar-refractivity contribution in [1.82, 2.24) is 5.32 Å². The van der Waals surface area contributed by atoms with Crippen LogP contribution in [0.5, 0.6) is 0 Å². The number of carbonyl (C=O) groups excluding carboxylic acids is 1. The Hall–Kier alpha value is -0.570. The number of nitrogens with one attached hydrogen (secondary N) is 1. The van der Waals surface area contributed by atoms with Gasteiger partial charge in [0.1, 0.15) is 5.60 Å². The van der Waals surface area contributed by atoms with E-state index in [9.17, 15) is 9.90 Å². The molecule has 1 aliphatic carbocycles. The summed E-state index contributed by atoms with van der Waals surface area (Å²) >= 11 is 0. The third-order valence-corrected chi connectivity index (χ3v) is 2.59. The fraction of sp³-hybridized carbons (Fsp3) is 0.900. The topological polar surface area (TPSA) is 49.3 Å². The van der Waals surface area contributed by atoms with Gasteiger partial charge in [0.05, 0.1) is 0 Å². The first-order valence-electron chi connectivity index (χ1n) is 4.93. The molecule has 0 saturated heterocycles. The Morgan fingerprint density at radius 3 is 2.46 bits per heavy atom. The molecule has 0 aromatic rings. The summed E-state index contributed by atoms with van der Waals surface area (Å²) in [5.74, 6) is 0.443. The molecule has 2 atom stereocenters. The summed E-state index contributed by atoms with van der Waals surface area (Å²) < 4.78 is 0. The molecule has 0 spiro atoms. The van der Waals surface area contributed by atoms with Crippen LogP contribution in [0.3, 0.4) is 0 Å². The minimum absolute atomic E-state index is 0.258. The molecule has 2 N–H and O–H groups in total. The molecule has 0 aromatic heterocycles. The van der Waals surface area contributed by atoms with Crippen molar-refractivity contribution in [3.05, 3.63) is 0 Å². The fourth-order valence-corrected chi connectivity index (χ4v) is 1.70. The van der Waals surface area contributed by atoms with Gasteiger partial charge >= 0.3 is 0 Å². The van der Waals surface area contributed by atoms with E-state index in [1.807, 2.05) is 0 Å². The summed E-state index contributed by atoms with van der Waals surface area (Å²) in [4.78, 5) is 11.4. The summed E-state index contributed by atoms with van der Waals surface area (Å²) in [6, 6.07) is 0.272. The first-order chi connectivity index (χ1) is 5.89. The van der Waals surface area contributed by atoms with E-state index >= 15 is 0 Å². The second-order valence-electron chi connectivity index (χ2n) is 4.65. The first kappa shape index (κ1) is 10.5. The van der Waals surface area contributed by atoms with Gasteiger partial charge in [-0.3, -0.25) is 4.79 Å². The van der Waals surface area contributed by atoms with Crippen molar-refractivity contribution in [2.24, 2.45) is 5.92 Å². The van der Waals surface area contributed by atoms with Crippen molar-refractivity contribution >= 4 is 5.91 Å². The first-order valence-corrected chi connectivity index (χ1v) is 4.93. The number of carbonyl (C=O) groups is 1. The van der Waals surface area contributed by atoms with E-state index in [0.717, 1.165) is 12.8 Å². The lowest BCUT2D eigenvalue weighted by Gasteiger charge is -2.20. The van der Waals surface area contributed by atoms with Crippen molar-refractivity contribution in [3.8, 4) is 0 Å². The Labute approximate surface area is 79.5 Å². The molecule has 0 radical (unpaired) electrons. The van der Waals surface area contributed by atoms with Crippen LogP contribution < -0.4 is 5.32 Å². The van der Waals surface area contributed by atoms with E-state index in [2.05, 4.69) is 12.2 Å². The molecule has 3 nitrogen and oxygen atoms in total. The van der Waals surface area contributed by atoms with E-state index in [0.29, 0.717) is 5.92 Å². The summed E-state index contributed by atoms with van der Waals surface area (Å²) in [6.45, 7) is 5.22.